The summed E-state index contributed by atoms with van der Waals surface area (Å²) < 4.78 is 1.64. The van der Waals surface area contributed by atoms with E-state index in [1.54, 1.807) is 11.6 Å². The van der Waals surface area contributed by atoms with Gasteiger partial charge in [0.15, 0.2) is 0 Å². The molecule has 1 fully saturated rings. The molecule has 0 aliphatic carbocycles. The molecule has 0 unspecified atom stereocenters. The van der Waals surface area contributed by atoms with Crippen molar-refractivity contribution in [2.45, 2.75) is 32.2 Å². The van der Waals surface area contributed by atoms with Crippen molar-refractivity contribution in [3.63, 3.8) is 0 Å². The number of aromatic nitrogens is 1. The molecule has 112 valence electrons. The Hall–Kier alpha value is -1.39. The summed E-state index contributed by atoms with van der Waals surface area (Å²) in [4.78, 5) is 17.1. The zero-order valence-electron chi connectivity index (χ0n) is 12.7. The van der Waals surface area contributed by atoms with E-state index in [1.807, 2.05) is 23.6 Å². The van der Waals surface area contributed by atoms with Crippen LogP contribution in [0, 0.1) is 6.92 Å². The van der Waals surface area contributed by atoms with E-state index < -0.39 is 0 Å². The number of pyridine rings is 1. The lowest BCUT2D eigenvalue weighted by Gasteiger charge is -2.31. The molecule has 3 heterocycles. The topological polar surface area (TPSA) is 25.2 Å². The van der Waals surface area contributed by atoms with Crippen LogP contribution in [0.25, 0.3) is 0 Å². The minimum Gasteiger partial charge on any atom is -0.319 e. The number of nitrogens with zero attached hydrogens (tertiary/aromatic N) is 2. The van der Waals surface area contributed by atoms with Crippen LogP contribution in [0.3, 0.4) is 0 Å². The molecule has 3 rings (SSSR count). The number of hydrogen-bond acceptors (Lipinski definition) is 3. The van der Waals surface area contributed by atoms with E-state index in [0.717, 1.165) is 32.5 Å². The summed E-state index contributed by atoms with van der Waals surface area (Å²) in [6, 6.07) is 8.35. The molecule has 1 saturated heterocycles. The first-order chi connectivity index (χ1) is 10.1. The molecule has 0 aromatic carbocycles. The van der Waals surface area contributed by atoms with Crippen LogP contribution in [0.1, 0.15) is 34.1 Å². The number of rotatable bonds is 3. The molecule has 0 atom stereocenters. The summed E-state index contributed by atoms with van der Waals surface area (Å²) in [5.74, 6) is 0.542. The lowest BCUT2D eigenvalue weighted by atomic mass is 9.90. The number of aryl methyl sites for hydroxylation is 2. The standard InChI is InChI=1S/C17H22N2OS/c1-13-3-4-16(21-13)12-19-9-6-14(7-10-19)15-5-8-18(2)17(20)11-15/h3-5,8,11,14H,6-7,9-10,12H2,1-2H3. The van der Waals surface area contributed by atoms with E-state index >= 15 is 0 Å². The Kier molecular flexibility index (Phi) is 4.27. The van der Waals surface area contributed by atoms with E-state index in [0.29, 0.717) is 5.92 Å². The molecule has 0 radical (unpaired) electrons. The maximum absolute atomic E-state index is 11.7. The third kappa shape index (κ3) is 3.44. The van der Waals surface area contributed by atoms with Crippen LogP contribution in [-0.2, 0) is 13.6 Å². The van der Waals surface area contributed by atoms with Crippen LogP contribution >= 0.6 is 11.3 Å². The maximum Gasteiger partial charge on any atom is 0.250 e. The van der Waals surface area contributed by atoms with Crippen LogP contribution in [0.5, 0.6) is 0 Å². The van der Waals surface area contributed by atoms with Crippen molar-refractivity contribution >= 4 is 11.3 Å². The minimum absolute atomic E-state index is 0.101. The molecule has 1 aliphatic heterocycles. The third-order valence-electron chi connectivity index (χ3n) is 4.36. The van der Waals surface area contributed by atoms with Crippen LogP contribution in [0.2, 0.25) is 0 Å². The lowest BCUT2D eigenvalue weighted by molar-refractivity contribution is 0.206. The summed E-state index contributed by atoms with van der Waals surface area (Å²) >= 11 is 1.90. The quantitative estimate of drug-likeness (QED) is 0.870. The second kappa shape index (κ2) is 6.16. The number of piperidine rings is 1. The van der Waals surface area contributed by atoms with Gasteiger partial charge in [0.2, 0.25) is 0 Å². The van der Waals surface area contributed by atoms with E-state index in [9.17, 15) is 4.79 Å². The van der Waals surface area contributed by atoms with Gasteiger partial charge in [-0.3, -0.25) is 9.69 Å². The van der Waals surface area contributed by atoms with Crippen molar-refractivity contribution in [1.29, 1.82) is 0 Å². The highest BCUT2D eigenvalue weighted by Gasteiger charge is 2.21. The summed E-state index contributed by atoms with van der Waals surface area (Å²) in [6.07, 6.45) is 4.19. The van der Waals surface area contributed by atoms with Gasteiger partial charge in [-0.15, -0.1) is 11.3 Å². The Morgan fingerprint density at radius 2 is 2.00 bits per heavy atom. The molecule has 3 nitrogen and oxygen atoms in total. The molecular formula is C17H22N2OS. The van der Waals surface area contributed by atoms with Crippen LogP contribution in [-0.4, -0.2) is 22.6 Å². The molecule has 21 heavy (non-hydrogen) atoms. The summed E-state index contributed by atoms with van der Waals surface area (Å²) in [5.41, 5.74) is 1.31. The molecule has 2 aromatic rings. The summed E-state index contributed by atoms with van der Waals surface area (Å²) in [5, 5.41) is 0. The van der Waals surface area contributed by atoms with Gasteiger partial charge in [-0.1, -0.05) is 0 Å². The molecule has 0 N–H and O–H groups in total. The van der Waals surface area contributed by atoms with E-state index in [-0.39, 0.29) is 5.56 Å². The van der Waals surface area contributed by atoms with Gasteiger partial charge in [-0.2, -0.15) is 0 Å². The van der Waals surface area contributed by atoms with E-state index in [2.05, 4.69) is 30.0 Å². The van der Waals surface area contributed by atoms with Crippen molar-refractivity contribution in [3.05, 3.63) is 56.1 Å². The Bertz CT molecular complexity index is 665. The van der Waals surface area contributed by atoms with Gasteiger partial charge >= 0.3 is 0 Å². The molecule has 0 bridgehead atoms. The first-order valence-electron chi connectivity index (χ1n) is 7.56. The molecule has 0 amide bonds. The van der Waals surface area contributed by atoms with Crippen LogP contribution in [0.4, 0.5) is 0 Å². The lowest BCUT2D eigenvalue weighted by Crippen LogP contribution is -2.32. The Morgan fingerprint density at radius 1 is 1.24 bits per heavy atom. The highest BCUT2D eigenvalue weighted by atomic mass is 32.1. The molecule has 1 aliphatic rings. The molecule has 0 spiro atoms. The fourth-order valence-electron chi connectivity index (χ4n) is 3.03. The normalized spacial score (nSPS) is 17.2. The molecule has 4 heteroatoms. The smallest absolute Gasteiger partial charge is 0.250 e. The van der Waals surface area contributed by atoms with Gasteiger partial charge in [0.25, 0.3) is 5.56 Å². The summed E-state index contributed by atoms with van der Waals surface area (Å²) in [7, 11) is 1.80. The molecular weight excluding hydrogens is 280 g/mol. The third-order valence-corrected chi connectivity index (χ3v) is 5.35. The van der Waals surface area contributed by atoms with Gasteiger partial charge in [-0.25, -0.2) is 0 Å². The maximum atomic E-state index is 11.7. The van der Waals surface area contributed by atoms with Crippen molar-refractivity contribution in [2.24, 2.45) is 7.05 Å². The van der Waals surface area contributed by atoms with Gasteiger partial charge < -0.3 is 4.57 Å². The second-order valence-corrected chi connectivity index (χ2v) is 7.34. The predicted molar refractivity (Wildman–Crippen MR) is 88.0 cm³/mol. The minimum atomic E-state index is 0.101. The van der Waals surface area contributed by atoms with Crippen LogP contribution < -0.4 is 5.56 Å². The van der Waals surface area contributed by atoms with Gasteiger partial charge in [0.05, 0.1) is 0 Å². The highest BCUT2D eigenvalue weighted by Crippen LogP contribution is 2.28. The van der Waals surface area contributed by atoms with E-state index in [4.69, 9.17) is 0 Å². The number of hydrogen-bond donors (Lipinski definition) is 0. The van der Waals surface area contributed by atoms with Crippen molar-refractivity contribution in [1.82, 2.24) is 9.47 Å². The fraction of sp³-hybridized carbons (Fsp3) is 0.471. The van der Waals surface area contributed by atoms with Gasteiger partial charge in [0, 0.05) is 35.6 Å². The first kappa shape index (κ1) is 14.5. The zero-order chi connectivity index (χ0) is 14.8. The largest absolute Gasteiger partial charge is 0.319 e. The highest BCUT2D eigenvalue weighted by molar-refractivity contribution is 7.11. The van der Waals surface area contributed by atoms with Crippen molar-refractivity contribution < 1.29 is 0 Å². The first-order valence-corrected chi connectivity index (χ1v) is 8.38. The number of likely N-dealkylation sites (tertiary alicyclic amines) is 1. The zero-order valence-corrected chi connectivity index (χ0v) is 13.5. The second-order valence-electron chi connectivity index (χ2n) is 5.97. The monoisotopic (exact) mass is 302 g/mol. The summed E-state index contributed by atoms with van der Waals surface area (Å²) in [6.45, 7) is 5.48. The van der Waals surface area contributed by atoms with Crippen molar-refractivity contribution in [3.8, 4) is 0 Å². The van der Waals surface area contributed by atoms with Crippen LogP contribution in [0.15, 0.2) is 35.3 Å². The SMILES string of the molecule is Cc1ccc(CN2CCC(c3ccn(C)c(=O)c3)CC2)s1. The Morgan fingerprint density at radius 3 is 2.62 bits per heavy atom. The Balaban J connectivity index is 1.59. The number of thiophene rings is 1. The van der Waals surface area contributed by atoms with Crippen molar-refractivity contribution in [2.75, 3.05) is 13.1 Å². The Labute approximate surface area is 129 Å². The molecule has 2 aromatic heterocycles. The fourth-order valence-corrected chi connectivity index (χ4v) is 3.97. The average molecular weight is 302 g/mol. The molecule has 0 saturated carbocycles. The van der Waals surface area contributed by atoms with Gasteiger partial charge in [-0.05, 0) is 62.5 Å². The predicted octanol–water partition coefficient (Wildman–Crippen LogP) is 3.13. The average Bonchev–Trinajstić information content (AvgIpc) is 2.88. The van der Waals surface area contributed by atoms with Gasteiger partial charge in [0.1, 0.15) is 0 Å². The van der Waals surface area contributed by atoms with E-state index in [1.165, 1.54) is 15.3 Å².